The monoisotopic (exact) mass is 241 g/mol. The molecule has 1 unspecified atom stereocenters. The fourth-order valence-corrected chi connectivity index (χ4v) is 2.67. The predicted molar refractivity (Wildman–Crippen MR) is 64.6 cm³/mol. The van der Waals surface area contributed by atoms with Gasteiger partial charge in [0.1, 0.15) is 5.60 Å². The van der Waals surface area contributed by atoms with Crippen LogP contribution in [-0.2, 0) is 4.74 Å². The van der Waals surface area contributed by atoms with Crippen molar-refractivity contribution in [2.24, 2.45) is 11.8 Å². The lowest BCUT2D eigenvalue weighted by atomic mass is 10.00. The lowest BCUT2D eigenvalue weighted by Crippen LogP contribution is -2.47. The van der Waals surface area contributed by atoms with Gasteiger partial charge in [-0.25, -0.2) is 4.79 Å². The predicted octanol–water partition coefficient (Wildman–Crippen LogP) is 2.01. The number of likely N-dealkylation sites (tertiary alicyclic amines) is 1. The van der Waals surface area contributed by atoms with Crippen LogP contribution >= 0.6 is 0 Å². The van der Waals surface area contributed by atoms with E-state index in [9.17, 15) is 4.79 Å². The summed E-state index contributed by atoms with van der Waals surface area (Å²) in [6.45, 7) is 6.60. The molecule has 17 heavy (non-hydrogen) atoms. The Kier molecular flexibility index (Phi) is 3.34. The molecule has 2 rings (SSSR count). The summed E-state index contributed by atoms with van der Waals surface area (Å²) >= 11 is 0. The van der Waals surface area contributed by atoms with Crippen molar-refractivity contribution in [2.75, 3.05) is 13.2 Å². The van der Waals surface area contributed by atoms with E-state index in [-0.39, 0.29) is 18.7 Å². The maximum absolute atomic E-state index is 12.1. The Labute approximate surface area is 103 Å². The lowest BCUT2D eigenvalue weighted by Gasteiger charge is -2.36. The van der Waals surface area contributed by atoms with Gasteiger partial charge in [-0.1, -0.05) is 0 Å². The largest absolute Gasteiger partial charge is 0.444 e. The summed E-state index contributed by atoms with van der Waals surface area (Å²) in [6, 6.07) is 0.165. The molecule has 1 heterocycles. The number of amides is 1. The highest BCUT2D eigenvalue weighted by Gasteiger charge is 2.47. The highest BCUT2D eigenvalue weighted by Crippen LogP contribution is 2.47. The number of rotatable bonds is 2. The minimum Gasteiger partial charge on any atom is -0.444 e. The van der Waals surface area contributed by atoms with Gasteiger partial charge in [0, 0.05) is 19.2 Å². The molecule has 4 nitrogen and oxygen atoms in total. The first-order valence-corrected chi connectivity index (χ1v) is 6.51. The molecule has 1 aliphatic heterocycles. The van der Waals surface area contributed by atoms with E-state index in [0.717, 1.165) is 18.9 Å². The van der Waals surface area contributed by atoms with Crippen molar-refractivity contribution < 1.29 is 14.6 Å². The van der Waals surface area contributed by atoms with Gasteiger partial charge in [-0.2, -0.15) is 0 Å². The molecule has 1 aliphatic carbocycles. The van der Waals surface area contributed by atoms with Crippen molar-refractivity contribution in [3.63, 3.8) is 0 Å². The summed E-state index contributed by atoms with van der Waals surface area (Å²) in [7, 11) is 0. The molecule has 1 amide bonds. The zero-order valence-electron chi connectivity index (χ0n) is 11.0. The molecule has 0 bridgehead atoms. The van der Waals surface area contributed by atoms with Crippen LogP contribution in [-0.4, -0.2) is 40.9 Å². The molecular weight excluding hydrogens is 218 g/mol. The van der Waals surface area contributed by atoms with Crippen LogP contribution in [0, 0.1) is 11.8 Å². The van der Waals surface area contributed by atoms with Crippen molar-refractivity contribution in [1.29, 1.82) is 0 Å². The molecule has 1 saturated carbocycles. The number of nitrogens with zero attached hydrogens (tertiary/aromatic N) is 1. The molecule has 0 aromatic heterocycles. The van der Waals surface area contributed by atoms with Gasteiger partial charge in [0.2, 0.25) is 0 Å². The molecule has 2 aliphatic rings. The minimum atomic E-state index is -0.443. The smallest absolute Gasteiger partial charge is 0.410 e. The molecule has 0 aromatic rings. The van der Waals surface area contributed by atoms with Crippen LogP contribution in [0.2, 0.25) is 0 Å². The molecular formula is C13H23NO3. The summed E-state index contributed by atoms with van der Waals surface area (Å²) in [6.07, 6.45) is 2.72. The number of hydrogen-bond donors (Lipinski definition) is 1. The zero-order valence-corrected chi connectivity index (χ0v) is 11.0. The summed E-state index contributed by atoms with van der Waals surface area (Å²) in [5.74, 6) is 1.46. The van der Waals surface area contributed by atoms with Crippen LogP contribution in [0.1, 0.15) is 40.0 Å². The van der Waals surface area contributed by atoms with Gasteiger partial charge in [-0.3, -0.25) is 0 Å². The van der Waals surface area contributed by atoms with Gasteiger partial charge in [-0.15, -0.1) is 0 Å². The van der Waals surface area contributed by atoms with Crippen molar-refractivity contribution in [2.45, 2.75) is 51.7 Å². The van der Waals surface area contributed by atoms with E-state index in [1.165, 1.54) is 6.42 Å². The van der Waals surface area contributed by atoms with Gasteiger partial charge < -0.3 is 14.7 Å². The maximum Gasteiger partial charge on any atom is 0.410 e. The molecule has 1 N–H and O–H groups in total. The minimum absolute atomic E-state index is 0.140. The van der Waals surface area contributed by atoms with Crippen molar-refractivity contribution in [3.8, 4) is 0 Å². The van der Waals surface area contributed by atoms with Crippen LogP contribution in [0.5, 0.6) is 0 Å². The summed E-state index contributed by atoms with van der Waals surface area (Å²) in [4.78, 5) is 13.9. The Morgan fingerprint density at radius 2 is 2.06 bits per heavy atom. The number of hydrogen-bond acceptors (Lipinski definition) is 3. The van der Waals surface area contributed by atoms with Gasteiger partial charge in [0.15, 0.2) is 0 Å². The van der Waals surface area contributed by atoms with E-state index in [4.69, 9.17) is 9.84 Å². The Hall–Kier alpha value is -0.770. The van der Waals surface area contributed by atoms with Crippen LogP contribution < -0.4 is 0 Å². The Morgan fingerprint density at radius 3 is 2.65 bits per heavy atom. The number of fused-ring (bicyclic) bond motifs is 1. The first-order valence-electron chi connectivity index (χ1n) is 6.51. The van der Waals surface area contributed by atoms with Crippen LogP contribution in [0.4, 0.5) is 4.79 Å². The second-order valence-corrected chi connectivity index (χ2v) is 6.29. The Bertz CT molecular complexity index is 298. The highest BCUT2D eigenvalue weighted by atomic mass is 16.6. The molecule has 4 heteroatoms. The topological polar surface area (TPSA) is 49.8 Å². The third-order valence-corrected chi connectivity index (χ3v) is 3.61. The molecule has 1 saturated heterocycles. The third-order valence-electron chi connectivity index (χ3n) is 3.61. The Morgan fingerprint density at radius 1 is 1.35 bits per heavy atom. The van der Waals surface area contributed by atoms with Crippen molar-refractivity contribution >= 4 is 6.09 Å². The first kappa shape index (κ1) is 12.7. The summed E-state index contributed by atoms with van der Waals surface area (Å²) < 4.78 is 5.43. The lowest BCUT2D eigenvalue weighted by molar-refractivity contribution is 0.00580. The van der Waals surface area contributed by atoms with E-state index >= 15 is 0 Å². The van der Waals surface area contributed by atoms with Crippen LogP contribution in [0.15, 0.2) is 0 Å². The number of piperidine rings is 1. The fraction of sp³-hybridized carbons (Fsp3) is 0.923. The van der Waals surface area contributed by atoms with Crippen molar-refractivity contribution in [1.82, 2.24) is 4.90 Å². The molecule has 3 atom stereocenters. The molecule has 0 radical (unpaired) electrons. The Balaban J connectivity index is 1.98. The van der Waals surface area contributed by atoms with E-state index in [1.807, 2.05) is 25.7 Å². The van der Waals surface area contributed by atoms with E-state index in [0.29, 0.717) is 12.3 Å². The maximum atomic E-state index is 12.1. The van der Waals surface area contributed by atoms with E-state index in [2.05, 4.69) is 0 Å². The van der Waals surface area contributed by atoms with Gasteiger partial charge >= 0.3 is 6.09 Å². The molecule has 0 spiro atoms. The second kappa shape index (κ2) is 4.48. The number of carbonyl (C=O) groups is 1. The van der Waals surface area contributed by atoms with Gasteiger partial charge in [-0.05, 0) is 51.9 Å². The molecule has 0 aromatic carbocycles. The van der Waals surface area contributed by atoms with E-state index in [1.54, 1.807) is 0 Å². The quantitative estimate of drug-likeness (QED) is 0.804. The summed E-state index contributed by atoms with van der Waals surface area (Å²) in [5.41, 5.74) is -0.443. The fourth-order valence-electron chi connectivity index (χ4n) is 2.67. The third kappa shape index (κ3) is 3.12. The zero-order chi connectivity index (χ0) is 12.6. The SMILES string of the molecule is CC(C)(C)OC(=O)N1CC2C[C@H]2C[C@H]1CCO. The van der Waals surface area contributed by atoms with Crippen LogP contribution in [0.25, 0.3) is 0 Å². The van der Waals surface area contributed by atoms with Crippen LogP contribution in [0.3, 0.4) is 0 Å². The van der Waals surface area contributed by atoms with Crippen molar-refractivity contribution in [3.05, 3.63) is 0 Å². The normalized spacial score (nSPS) is 32.0. The van der Waals surface area contributed by atoms with E-state index < -0.39 is 5.60 Å². The average Bonchev–Trinajstić information content (AvgIpc) is 2.92. The molecule has 2 fully saturated rings. The number of aliphatic hydroxyl groups excluding tert-OH is 1. The van der Waals surface area contributed by atoms with Gasteiger partial charge in [0.25, 0.3) is 0 Å². The number of aliphatic hydroxyl groups is 1. The standard InChI is InChI=1S/C13H23NO3/c1-13(2,3)17-12(16)14-8-10-6-9(10)7-11(14)4-5-15/h9-11,15H,4-8H2,1-3H3/t9-,10?,11+/m0/s1. The summed E-state index contributed by atoms with van der Waals surface area (Å²) in [5, 5.41) is 9.07. The first-order chi connectivity index (χ1) is 7.90. The number of carbonyl (C=O) groups excluding carboxylic acids is 1. The molecule has 98 valence electrons. The highest BCUT2D eigenvalue weighted by molar-refractivity contribution is 5.69. The van der Waals surface area contributed by atoms with Gasteiger partial charge in [0.05, 0.1) is 0 Å². The number of ether oxygens (including phenoxy) is 1. The average molecular weight is 241 g/mol. The second-order valence-electron chi connectivity index (χ2n) is 6.29.